The molecule has 2 rings (SSSR count). The average Bonchev–Trinajstić information content (AvgIpc) is 2.40. The third-order valence-corrected chi connectivity index (χ3v) is 2.04. The zero-order valence-electron chi connectivity index (χ0n) is 10.0. The molecule has 1 aromatic carbocycles. The van der Waals surface area contributed by atoms with E-state index in [1.165, 1.54) is 0 Å². The predicted octanol–water partition coefficient (Wildman–Crippen LogP) is 2.36. The SMILES string of the molecule is Nc1ccnnc1-c1ccccc1.O=C(O)C(F)(F)F. The highest BCUT2D eigenvalue weighted by Crippen LogP contribution is 2.20. The smallest absolute Gasteiger partial charge is 0.475 e. The molecule has 0 fully saturated rings. The van der Waals surface area contributed by atoms with Crippen molar-refractivity contribution in [2.75, 3.05) is 5.73 Å². The molecule has 0 unspecified atom stereocenters. The van der Waals surface area contributed by atoms with Crippen LogP contribution in [-0.4, -0.2) is 27.4 Å². The Morgan fingerprint density at radius 1 is 1.15 bits per heavy atom. The van der Waals surface area contributed by atoms with Gasteiger partial charge in [0, 0.05) is 5.56 Å². The van der Waals surface area contributed by atoms with Crippen molar-refractivity contribution >= 4 is 11.7 Å². The monoisotopic (exact) mass is 285 g/mol. The van der Waals surface area contributed by atoms with Crippen LogP contribution in [0.4, 0.5) is 18.9 Å². The van der Waals surface area contributed by atoms with E-state index in [2.05, 4.69) is 10.2 Å². The van der Waals surface area contributed by atoms with E-state index in [4.69, 9.17) is 15.6 Å². The number of aromatic nitrogens is 2. The minimum atomic E-state index is -5.08. The maximum atomic E-state index is 10.6. The molecular formula is C12H10F3N3O2. The number of alkyl halides is 3. The number of nitrogens with two attached hydrogens (primary N) is 1. The second-order valence-corrected chi connectivity index (χ2v) is 3.50. The van der Waals surface area contributed by atoms with Crippen molar-refractivity contribution in [2.45, 2.75) is 6.18 Å². The maximum absolute atomic E-state index is 10.6. The summed E-state index contributed by atoms with van der Waals surface area (Å²) in [6.45, 7) is 0. The number of rotatable bonds is 1. The number of hydrogen-bond acceptors (Lipinski definition) is 4. The normalized spacial score (nSPS) is 10.3. The second-order valence-electron chi connectivity index (χ2n) is 3.50. The second kappa shape index (κ2) is 6.50. The van der Waals surface area contributed by atoms with Crippen molar-refractivity contribution in [1.29, 1.82) is 0 Å². The molecule has 20 heavy (non-hydrogen) atoms. The van der Waals surface area contributed by atoms with Crippen molar-refractivity contribution in [3.8, 4) is 11.3 Å². The van der Waals surface area contributed by atoms with Crippen LogP contribution in [0.2, 0.25) is 0 Å². The van der Waals surface area contributed by atoms with Crippen LogP contribution in [0.15, 0.2) is 42.6 Å². The summed E-state index contributed by atoms with van der Waals surface area (Å²) in [6.07, 6.45) is -3.50. The number of carbonyl (C=O) groups is 1. The summed E-state index contributed by atoms with van der Waals surface area (Å²) >= 11 is 0. The molecule has 1 aromatic heterocycles. The molecule has 5 nitrogen and oxygen atoms in total. The van der Waals surface area contributed by atoms with Crippen molar-refractivity contribution in [3.63, 3.8) is 0 Å². The Bertz CT molecular complexity index is 574. The molecule has 0 aliphatic heterocycles. The van der Waals surface area contributed by atoms with Gasteiger partial charge in [-0.25, -0.2) is 4.79 Å². The number of nitrogens with zero attached hydrogens (tertiary/aromatic N) is 2. The number of nitrogen functional groups attached to an aromatic ring is 1. The highest BCUT2D eigenvalue weighted by atomic mass is 19.4. The molecular weight excluding hydrogens is 275 g/mol. The molecule has 0 atom stereocenters. The third-order valence-electron chi connectivity index (χ3n) is 2.04. The van der Waals surface area contributed by atoms with Gasteiger partial charge in [0.05, 0.1) is 11.9 Å². The Labute approximate surface area is 111 Å². The molecule has 0 amide bonds. The molecule has 1 heterocycles. The Balaban J connectivity index is 0.000000246. The lowest BCUT2D eigenvalue weighted by Crippen LogP contribution is -2.21. The number of benzene rings is 1. The Kier molecular flexibility index (Phi) is 5.01. The van der Waals surface area contributed by atoms with Crippen LogP contribution in [0.1, 0.15) is 0 Å². The number of aliphatic carboxylic acids is 1. The van der Waals surface area contributed by atoms with E-state index >= 15 is 0 Å². The Morgan fingerprint density at radius 2 is 1.70 bits per heavy atom. The van der Waals surface area contributed by atoms with Crippen LogP contribution >= 0.6 is 0 Å². The van der Waals surface area contributed by atoms with Gasteiger partial charge in [-0.3, -0.25) is 0 Å². The highest BCUT2D eigenvalue weighted by molar-refractivity contribution is 5.73. The molecule has 0 spiro atoms. The summed E-state index contributed by atoms with van der Waals surface area (Å²) in [5.41, 5.74) is 8.14. The van der Waals surface area contributed by atoms with Crippen LogP contribution in [0, 0.1) is 0 Å². The summed E-state index contributed by atoms with van der Waals surface area (Å²) in [5, 5.41) is 14.9. The van der Waals surface area contributed by atoms with Gasteiger partial charge < -0.3 is 10.8 Å². The Hall–Kier alpha value is -2.64. The summed E-state index contributed by atoms with van der Waals surface area (Å²) in [7, 11) is 0. The number of anilines is 1. The van der Waals surface area contributed by atoms with E-state index in [0.29, 0.717) is 5.69 Å². The van der Waals surface area contributed by atoms with E-state index in [0.717, 1.165) is 11.3 Å². The van der Waals surface area contributed by atoms with Crippen LogP contribution in [0.5, 0.6) is 0 Å². The first-order chi connectivity index (χ1) is 9.32. The van der Waals surface area contributed by atoms with Gasteiger partial charge in [-0.1, -0.05) is 30.3 Å². The summed E-state index contributed by atoms with van der Waals surface area (Å²) < 4.78 is 31.7. The lowest BCUT2D eigenvalue weighted by atomic mass is 10.1. The lowest BCUT2D eigenvalue weighted by molar-refractivity contribution is -0.192. The molecule has 0 bridgehead atoms. The number of hydrogen-bond donors (Lipinski definition) is 2. The molecule has 0 saturated carbocycles. The van der Waals surface area contributed by atoms with Crippen molar-refractivity contribution in [1.82, 2.24) is 10.2 Å². The molecule has 3 N–H and O–H groups in total. The maximum Gasteiger partial charge on any atom is 0.490 e. The first-order valence-electron chi connectivity index (χ1n) is 5.25. The summed E-state index contributed by atoms with van der Waals surface area (Å²) in [6, 6.07) is 11.5. The van der Waals surface area contributed by atoms with E-state index < -0.39 is 12.1 Å². The molecule has 0 aliphatic carbocycles. The third kappa shape index (κ3) is 4.56. The molecule has 8 heteroatoms. The van der Waals surface area contributed by atoms with Gasteiger partial charge in [0.15, 0.2) is 0 Å². The average molecular weight is 285 g/mol. The van der Waals surface area contributed by atoms with E-state index in [-0.39, 0.29) is 0 Å². The molecule has 106 valence electrons. The predicted molar refractivity (Wildman–Crippen MR) is 65.6 cm³/mol. The lowest BCUT2D eigenvalue weighted by Gasteiger charge is -2.01. The van der Waals surface area contributed by atoms with E-state index in [1.807, 2.05) is 30.3 Å². The molecule has 0 aliphatic rings. The van der Waals surface area contributed by atoms with Crippen molar-refractivity contribution in [2.24, 2.45) is 0 Å². The van der Waals surface area contributed by atoms with Gasteiger partial charge in [0.1, 0.15) is 5.69 Å². The van der Waals surface area contributed by atoms with Gasteiger partial charge in [-0.15, -0.1) is 5.10 Å². The fourth-order valence-corrected chi connectivity index (χ4v) is 1.16. The van der Waals surface area contributed by atoms with Gasteiger partial charge in [0.25, 0.3) is 0 Å². The standard InChI is InChI=1S/C10H9N3.C2HF3O2/c11-9-6-7-12-13-10(9)8-4-2-1-3-5-8;3-2(4,5)1(6)7/h1-7H,(H2,11,12);(H,6,7). The van der Waals surface area contributed by atoms with Gasteiger partial charge in [-0.05, 0) is 6.07 Å². The quantitative estimate of drug-likeness (QED) is 0.839. The van der Waals surface area contributed by atoms with Crippen LogP contribution in [-0.2, 0) is 4.79 Å². The minimum Gasteiger partial charge on any atom is -0.475 e. The zero-order valence-corrected chi connectivity index (χ0v) is 10.0. The van der Waals surface area contributed by atoms with Crippen LogP contribution in [0.25, 0.3) is 11.3 Å². The highest BCUT2D eigenvalue weighted by Gasteiger charge is 2.38. The largest absolute Gasteiger partial charge is 0.490 e. The first-order valence-corrected chi connectivity index (χ1v) is 5.25. The zero-order chi connectivity index (χ0) is 15.2. The van der Waals surface area contributed by atoms with Crippen LogP contribution < -0.4 is 5.73 Å². The number of halogens is 3. The number of carboxylic acid groups (broad SMARTS) is 1. The fraction of sp³-hybridized carbons (Fsp3) is 0.0833. The number of carboxylic acids is 1. The van der Waals surface area contributed by atoms with E-state index in [1.54, 1.807) is 12.3 Å². The van der Waals surface area contributed by atoms with Gasteiger partial charge >= 0.3 is 12.1 Å². The van der Waals surface area contributed by atoms with E-state index in [9.17, 15) is 13.2 Å². The van der Waals surface area contributed by atoms with Crippen molar-refractivity contribution < 1.29 is 23.1 Å². The van der Waals surface area contributed by atoms with Gasteiger partial charge in [-0.2, -0.15) is 18.3 Å². The topological polar surface area (TPSA) is 89.1 Å². The summed E-state index contributed by atoms with van der Waals surface area (Å²) in [4.78, 5) is 8.90. The minimum absolute atomic E-state index is 0.654. The molecule has 0 saturated heterocycles. The molecule has 0 radical (unpaired) electrons. The van der Waals surface area contributed by atoms with Gasteiger partial charge in [0.2, 0.25) is 0 Å². The van der Waals surface area contributed by atoms with Crippen LogP contribution in [0.3, 0.4) is 0 Å². The Morgan fingerprint density at radius 3 is 2.15 bits per heavy atom. The molecule has 2 aromatic rings. The fourth-order valence-electron chi connectivity index (χ4n) is 1.16. The summed E-state index contributed by atoms with van der Waals surface area (Å²) in [5.74, 6) is -2.76. The van der Waals surface area contributed by atoms with Crippen molar-refractivity contribution in [3.05, 3.63) is 42.6 Å². The first kappa shape index (κ1) is 15.4.